The van der Waals surface area contributed by atoms with E-state index in [4.69, 9.17) is 5.73 Å². The number of benzene rings is 1. The summed E-state index contributed by atoms with van der Waals surface area (Å²) in [6, 6.07) is 3.21. The van der Waals surface area contributed by atoms with Crippen molar-refractivity contribution in [1.82, 2.24) is 4.98 Å². The monoisotopic (exact) mass is 253 g/mol. The molecule has 1 aromatic carbocycles. The lowest BCUT2D eigenvalue weighted by atomic mass is 10.2. The third-order valence-electron chi connectivity index (χ3n) is 2.40. The van der Waals surface area contributed by atoms with Gasteiger partial charge < -0.3 is 11.1 Å². The van der Waals surface area contributed by atoms with Gasteiger partial charge in [0.05, 0.1) is 0 Å². The second kappa shape index (κ2) is 4.56. The van der Waals surface area contributed by atoms with Gasteiger partial charge in [0.25, 0.3) is 0 Å². The Bertz CT molecular complexity index is 576. The molecule has 18 heavy (non-hydrogen) atoms. The molecule has 0 radical (unpaired) electrons. The maximum Gasteiger partial charge on any atom is 0.194 e. The van der Waals surface area contributed by atoms with Gasteiger partial charge in [0.15, 0.2) is 17.5 Å². The first-order chi connectivity index (χ1) is 8.47. The summed E-state index contributed by atoms with van der Waals surface area (Å²) < 4.78 is 38.7. The predicted molar refractivity (Wildman–Crippen MR) is 63.0 cm³/mol. The van der Waals surface area contributed by atoms with Crippen molar-refractivity contribution in [3.05, 3.63) is 47.4 Å². The molecular weight excluding hydrogens is 243 g/mol. The second-order valence-electron chi connectivity index (χ2n) is 3.81. The van der Waals surface area contributed by atoms with Crippen LogP contribution < -0.4 is 11.1 Å². The molecule has 0 fully saturated rings. The normalized spacial score (nSPS) is 10.4. The minimum Gasteiger partial charge on any atom is -0.398 e. The van der Waals surface area contributed by atoms with Crippen molar-refractivity contribution < 1.29 is 13.2 Å². The molecule has 3 nitrogen and oxygen atoms in total. The summed E-state index contributed by atoms with van der Waals surface area (Å²) in [6.07, 6.45) is 1.52. The van der Waals surface area contributed by atoms with E-state index in [1.165, 1.54) is 12.3 Å². The van der Waals surface area contributed by atoms with Gasteiger partial charge in [-0.1, -0.05) is 0 Å². The summed E-state index contributed by atoms with van der Waals surface area (Å²) in [6.45, 7) is 1.78. The summed E-state index contributed by atoms with van der Waals surface area (Å²) in [7, 11) is 0. The van der Waals surface area contributed by atoms with Gasteiger partial charge in [0, 0.05) is 35.8 Å². The molecule has 0 aliphatic rings. The quantitative estimate of drug-likeness (QED) is 0.808. The van der Waals surface area contributed by atoms with Crippen molar-refractivity contribution in [2.45, 2.75) is 6.92 Å². The van der Waals surface area contributed by atoms with Crippen LogP contribution in [-0.2, 0) is 0 Å². The fourth-order valence-corrected chi connectivity index (χ4v) is 1.38. The number of aromatic nitrogens is 1. The van der Waals surface area contributed by atoms with Crippen molar-refractivity contribution in [2.24, 2.45) is 0 Å². The Labute approximate surface area is 101 Å². The molecule has 0 atom stereocenters. The Morgan fingerprint density at radius 3 is 2.28 bits per heavy atom. The van der Waals surface area contributed by atoms with Crippen molar-refractivity contribution in [2.75, 3.05) is 11.1 Å². The average Bonchev–Trinajstić information content (AvgIpc) is 2.31. The van der Waals surface area contributed by atoms with Gasteiger partial charge >= 0.3 is 0 Å². The van der Waals surface area contributed by atoms with Gasteiger partial charge in [-0.05, 0) is 12.5 Å². The zero-order valence-electron chi connectivity index (χ0n) is 9.47. The third-order valence-corrected chi connectivity index (χ3v) is 2.40. The van der Waals surface area contributed by atoms with Gasteiger partial charge in [-0.2, -0.15) is 0 Å². The number of halogens is 3. The first-order valence-corrected chi connectivity index (χ1v) is 5.11. The van der Waals surface area contributed by atoms with Crippen molar-refractivity contribution >= 4 is 17.2 Å². The summed E-state index contributed by atoms with van der Waals surface area (Å²) in [5, 5.41) is 2.64. The van der Waals surface area contributed by atoms with Crippen molar-refractivity contribution in [3.63, 3.8) is 0 Å². The first kappa shape index (κ1) is 12.2. The Hall–Kier alpha value is -2.24. The van der Waals surface area contributed by atoms with Gasteiger partial charge in [0.1, 0.15) is 5.82 Å². The molecule has 1 heterocycles. The van der Waals surface area contributed by atoms with Gasteiger partial charge in [-0.3, -0.25) is 0 Å². The zero-order chi connectivity index (χ0) is 13.3. The van der Waals surface area contributed by atoms with Crippen LogP contribution in [0.3, 0.4) is 0 Å². The van der Waals surface area contributed by atoms with Crippen molar-refractivity contribution in [3.8, 4) is 0 Å². The van der Waals surface area contributed by atoms with Crippen LogP contribution in [0.1, 0.15) is 5.56 Å². The summed E-state index contributed by atoms with van der Waals surface area (Å²) >= 11 is 0. The Balaban J connectivity index is 2.31. The number of nitrogens with zero attached hydrogens (tertiary/aromatic N) is 1. The van der Waals surface area contributed by atoms with E-state index in [1.54, 1.807) is 6.92 Å². The number of nitrogen functional groups attached to an aromatic ring is 1. The molecular formula is C12H10F3N3. The fourth-order valence-electron chi connectivity index (χ4n) is 1.38. The zero-order valence-corrected chi connectivity index (χ0v) is 9.47. The van der Waals surface area contributed by atoms with Crippen LogP contribution in [0, 0.1) is 24.4 Å². The van der Waals surface area contributed by atoms with Gasteiger partial charge in [0.2, 0.25) is 0 Å². The number of hydrogen-bond donors (Lipinski definition) is 2. The van der Waals surface area contributed by atoms with E-state index in [9.17, 15) is 13.2 Å². The van der Waals surface area contributed by atoms with Crippen LogP contribution in [0.15, 0.2) is 24.4 Å². The molecule has 0 bridgehead atoms. The number of pyridine rings is 1. The maximum absolute atomic E-state index is 13.0. The van der Waals surface area contributed by atoms with E-state index in [0.717, 1.165) is 17.7 Å². The van der Waals surface area contributed by atoms with Gasteiger partial charge in [-0.15, -0.1) is 0 Å². The van der Waals surface area contributed by atoms with Crippen LogP contribution in [-0.4, -0.2) is 4.98 Å². The molecule has 2 rings (SSSR count). The smallest absolute Gasteiger partial charge is 0.194 e. The van der Waals surface area contributed by atoms with Crippen LogP contribution in [0.5, 0.6) is 0 Å². The molecule has 0 saturated heterocycles. The third kappa shape index (κ3) is 2.37. The topological polar surface area (TPSA) is 50.9 Å². The van der Waals surface area contributed by atoms with E-state index in [1.807, 2.05) is 0 Å². The Morgan fingerprint density at radius 1 is 1.11 bits per heavy atom. The molecule has 0 saturated carbocycles. The Kier molecular flexibility index (Phi) is 3.10. The van der Waals surface area contributed by atoms with Crippen LogP contribution in [0.4, 0.5) is 30.4 Å². The summed E-state index contributed by atoms with van der Waals surface area (Å²) in [5.41, 5.74) is 7.01. The molecule has 1 aromatic heterocycles. The van der Waals surface area contributed by atoms with E-state index >= 15 is 0 Å². The standard InChI is InChI=1S/C12H10F3N3/c1-6-5-17-11(4-10(6)16)18-7-2-8(13)12(15)9(14)3-7/h2-5H,1H3,(H3,16,17,18). The molecule has 0 spiro atoms. The lowest BCUT2D eigenvalue weighted by Gasteiger charge is -2.08. The molecule has 0 aliphatic carbocycles. The Morgan fingerprint density at radius 2 is 1.72 bits per heavy atom. The molecule has 0 aliphatic heterocycles. The minimum absolute atomic E-state index is 0.0575. The molecule has 2 aromatic rings. The molecule has 3 N–H and O–H groups in total. The number of anilines is 3. The van der Waals surface area contributed by atoms with E-state index in [0.29, 0.717) is 11.5 Å². The molecule has 0 unspecified atom stereocenters. The number of aryl methyl sites for hydroxylation is 1. The molecule has 94 valence electrons. The lowest BCUT2D eigenvalue weighted by Crippen LogP contribution is -1.99. The number of nitrogens with one attached hydrogen (secondary N) is 1. The maximum atomic E-state index is 13.0. The van der Waals surface area contributed by atoms with Crippen LogP contribution in [0.25, 0.3) is 0 Å². The second-order valence-corrected chi connectivity index (χ2v) is 3.81. The number of rotatable bonds is 2. The molecule has 6 heteroatoms. The highest BCUT2D eigenvalue weighted by Crippen LogP contribution is 2.22. The van der Waals surface area contributed by atoms with E-state index < -0.39 is 17.5 Å². The van der Waals surface area contributed by atoms with Crippen LogP contribution >= 0.6 is 0 Å². The highest BCUT2D eigenvalue weighted by Gasteiger charge is 2.10. The van der Waals surface area contributed by atoms with E-state index in [-0.39, 0.29) is 5.69 Å². The van der Waals surface area contributed by atoms with E-state index in [2.05, 4.69) is 10.3 Å². The average molecular weight is 253 g/mol. The highest BCUT2D eigenvalue weighted by atomic mass is 19.2. The number of hydrogen-bond acceptors (Lipinski definition) is 3. The fraction of sp³-hybridized carbons (Fsp3) is 0.0833. The summed E-state index contributed by atoms with van der Waals surface area (Å²) in [5.74, 6) is -3.71. The SMILES string of the molecule is Cc1cnc(Nc2cc(F)c(F)c(F)c2)cc1N. The van der Waals surface area contributed by atoms with Crippen molar-refractivity contribution in [1.29, 1.82) is 0 Å². The van der Waals surface area contributed by atoms with Crippen LogP contribution in [0.2, 0.25) is 0 Å². The van der Waals surface area contributed by atoms with Gasteiger partial charge in [-0.25, -0.2) is 18.2 Å². The minimum atomic E-state index is -1.50. The lowest BCUT2D eigenvalue weighted by molar-refractivity contribution is 0.448. The summed E-state index contributed by atoms with van der Waals surface area (Å²) in [4.78, 5) is 3.99. The number of nitrogens with two attached hydrogens (primary N) is 1. The molecule has 0 amide bonds. The largest absolute Gasteiger partial charge is 0.398 e. The highest BCUT2D eigenvalue weighted by molar-refractivity contribution is 5.61. The first-order valence-electron chi connectivity index (χ1n) is 5.11. The predicted octanol–water partition coefficient (Wildman–Crippen LogP) is 3.13.